The van der Waals surface area contributed by atoms with E-state index in [9.17, 15) is 9.59 Å². The van der Waals surface area contributed by atoms with Crippen molar-refractivity contribution < 1.29 is 38.8 Å². The van der Waals surface area contributed by atoms with Crippen molar-refractivity contribution >= 4 is 30.4 Å². The third-order valence-corrected chi connectivity index (χ3v) is 5.27. The Morgan fingerprint density at radius 3 is 1.97 bits per heavy atom. The summed E-state index contributed by atoms with van der Waals surface area (Å²) in [6, 6.07) is 12.0. The zero-order valence-corrected chi connectivity index (χ0v) is 17.6. The van der Waals surface area contributed by atoms with Gasteiger partial charge in [0.1, 0.15) is 22.6 Å². The fourth-order valence-electron chi connectivity index (χ4n) is 1.96. The number of benzene rings is 2. The van der Waals surface area contributed by atoms with Gasteiger partial charge in [0.2, 0.25) is 0 Å². The molecule has 0 aromatic heterocycles. The quantitative estimate of drug-likeness (QED) is 0.354. The molecule has 2 rings (SSSR count). The highest BCUT2D eigenvalue weighted by atomic mass is 32.5. The first kappa shape index (κ1) is 24.5. The molecule has 0 amide bonds. The summed E-state index contributed by atoms with van der Waals surface area (Å²) in [6.07, 6.45) is -0.189. The number of aromatic carboxylic acids is 2. The van der Waals surface area contributed by atoms with Gasteiger partial charge in [-0.1, -0.05) is 24.3 Å². The number of carbonyl (C=O) groups is 2. The predicted octanol–water partition coefficient (Wildman–Crippen LogP) is 3.65. The van der Waals surface area contributed by atoms with Gasteiger partial charge in [-0.25, -0.2) is 9.59 Å². The van der Waals surface area contributed by atoms with Crippen LogP contribution in [0.25, 0.3) is 0 Å². The number of hydrogen-bond acceptors (Lipinski definition) is 7. The maximum atomic E-state index is 11.1. The zero-order chi connectivity index (χ0) is 22.0. The van der Waals surface area contributed by atoms with Crippen molar-refractivity contribution in [2.45, 2.75) is 20.0 Å². The fraction of sp³-hybridized carbons (Fsp3) is 0.222. The molecule has 2 aromatic rings. The van der Waals surface area contributed by atoms with Crippen LogP contribution in [0.5, 0.6) is 11.5 Å². The standard InChI is InChI=1S/C11H16NO5PS.C7H6O3/c1-8(2)16-18(19,12-15-3)17-10-7-5-4-6-9(10)11(13)14;8-6-4-2-1-3-5(6)7(9)10/h4-8H,1-3H3,(H,12,19)(H,13,14);1-4,8H,(H,9,10). The highest BCUT2D eigenvalue weighted by Gasteiger charge is 2.25. The first-order valence-electron chi connectivity index (χ1n) is 8.21. The van der Waals surface area contributed by atoms with E-state index in [1.165, 1.54) is 31.4 Å². The van der Waals surface area contributed by atoms with Crippen molar-refractivity contribution in [1.29, 1.82) is 0 Å². The lowest BCUT2D eigenvalue weighted by Crippen LogP contribution is -2.18. The molecule has 158 valence electrons. The van der Waals surface area contributed by atoms with Crippen LogP contribution in [0.15, 0.2) is 48.5 Å². The van der Waals surface area contributed by atoms with Gasteiger partial charge in [0.15, 0.2) is 0 Å². The molecule has 0 heterocycles. The summed E-state index contributed by atoms with van der Waals surface area (Å²) < 4.78 is 11.0. The van der Waals surface area contributed by atoms with Crippen LogP contribution in [0.4, 0.5) is 0 Å². The maximum Gasteiger partial charge on any atom is 0.339 e. The van der Waals surface area contributed by atoms with Crippen LogP contribution >= 0.6 is 6.64 Å². The minimum Gasteiger partial charge on any atom is -0.507 e. The molecular formula is C18H22NO8PS. The third-order valence-electron chi connectivity index (χ3n) is 3.02. The maximum absolute atomic E-state index is 11.1. The van der Waals surface area contributed by atoms with Crippen molar-refractivity contribution in [2.75, 3.05) is 7.11 Å². The number of para-hydroxylation sites is 2. The van der Waals surface area contributed by atoms with E-state index in [2.05, 4.69) is 5.25 Å². The molecule has 0 spiro atoms. The van der Waals surface area contributed by atoms with Gasteiger partial charge in [-0.2, -0.15) is 0 Å². The molecule has 0 bridgehead atoms. The van der Waals surface area contributed by atoms with Gasteiger partial charge in [-0.05, 0) is 49.9 Å². The molecule has 29 heavy (non-hydrogen) atoms. The topological polar surface area (TPSA) is 135 Å². The first-order valence-corrected chi connectivity index (χ1v) is 10.9. The molecule has 9 nitrogen and oxygen atoms in total. The molecule has 0 fully saturated rings. The Labute approximate surface area is 173 Å². The molecule has 0 radical (unpaired) electrons. The molecular weight excluding hydrogens is 421 g/mol. The number of carboxylic acid groups (broad SMARTS) is 2. The van der Waals surface area contributed by atoms with Crippen molar-refractivity contribution in [3.8, 4) is 11.5 Å². The van der Waals surface area contributed by atoms with Crippen LogP contribution in [0.2, 0.25) is 0 Å². The Balaban J connectivity index is 0.000000352. The highest BCUT2D eigenvalue weighted by molar-refractivity contribution is 8.09. The number of carboxylic acids is 2. The average Bonchev–Trinajstić information content (AvgIpc) is 2.62. The van der Waals surface area contributed by atoms with E-state index in [-0.39, 0.29) is 28.7 Å². The van der Waals surface area contributed by atoms with E-state index < -0.39 is 18.6 Å². The minimum absolute atomic E-state index is 0.0157. The molecule has 0 aliphatic heterocycles. The molecule has 0 aliphatic carbocycles. The van der Waals surface area contributed by atoms with E-state index in [0.29, 0.717) is 0 Å². The van der Waals surface area contributed by atoms with Crippen LogP contribution in [0, 0.1) is 0 Å². The zero-order valence-electron chi connectivity index (χ0n) is 15.9. The summed E-state index contributed by atoms with van der Waals surface area (Å²) in [7, 11) is 1.39. The van der Waals surface area contributed by atoms with Crippen LogP contribution in [-0.2, 0) is 21.2 Å². The number of phenols is 1. The largest absolute Gasteiger partial charge is 0.507 e. The van der Waals surface area contributed by atoms with Crippen molar-refractivity contribution in [1.82, 2.24) is 5.25 Å². The number of nitrogens with one attached hydrogen (secondary N) is 1. The van der Waals surface area contributed by atoms with Crippen molar-refractivity contribution in [2.24, 2.45) is 0 Å². The number of rotatable bonds is 8. The van der Waals surface area contributed by atoms with Crippen LogP contribution in [0.1, 0.15) is 34.6 Å². The number of hydrogen-bond donors (Lipinski definition) is 4. The molecule has 1 atom stereocenters. The summed E-state index contributed by atoms with van der Waals surface area (Å²) >= 11 is 5.24. The molecule has 11 heteroatoms. The minimum atomic E-state index is -2.97. The Morgan fingerprint density at radius 1 is 1.00 bits per heavy atom. The summed E-state index contributed by atoms with van der Waals surface area (Å²) in [6.45, 7) is 0.627. The van der Waals surface area contributed by atoms with Crippen LogP contribution in [0.3, 0.4) is 0 Å². The van der Waals surface area contributed by atoms with Gasteiger partial charge < -0.3 is 24.4 Å². The number of aromatic hydroxyl groups is 1. The summed E-state index contributed by atoms with van der Waals surface area (Å²) in [5.41, 5.74) is -0.0514. The van der Waals surface area contributed by atoms with Crippen molar-refractivity contribution in [3.63, 3.8) is 0 Å². The second-order valence-electron chi connectivity index (χ2n) is 5.66. The van der Waals surface area contributed by atoms with E-state index in [1.807, 2.05) is 0 Å². The molecule has 1 unspecified atom stereocenters. The van der Waals surface area contributed by atoms with Gasteiger partial charge in [0, 0.05) is 0 Å². The second kappa shape index (κ2) is 11.5. The highest BCUT2D eigenvalue weighted by Crippen LogP contribution is 2.46. The van der Waals surface area contributed by atoms with Gasteiger partial charge in [0.05, 0.1) is 13.2 Å². The Bertz CT molecular complexity index is 890. The van der Waals surface area contributed by atoms with Gasteiger partial charge in [0.25, 0.3) is 0 Å². The van der Waals surface area contributed by atoms with E-state index in [4.69, 9.17) is 41.0 Å². The van der Waals surface area contributed by atoms with Gasteiger partial charge in [-0.15, -0.1) is 5.25 Å². The van der Waals surface area contributed by atoms with Crippen LogP contribution < -0.4 is 9.77 Å². The smallest absolute Gasteiger partial charge is 0.339 e. The summed E-state index contributed by atoms with van der Waals surface area (Å²) in [5, 5.41) is 28.9. The molecule has 0 saturated carbocycles. The van der Waals surface area contributed by atoms with Gasteiger partial charge in [-0.3, -0.25) is 4.84 Å². The monoisotopic (exact) mass is 443 g/mol. The SMILES string of the molecule is CONP(=S)(Oc1ccccc1C(=O)O)OC(C)C.O=C(O)c1ccccc1O. The third kappa shape index (κ3) is 8.18. The second-order valence-corrected chi connectivity index (χ2v) is 8.67. The predicted molar refractivity (Wildman–Crippen MR) is 110 cm³/mol. The summed E-state index contributed by atoms with van der Waals surface area (Å²) in [4.78, 5) is 26.1. The van der Waals surface area contributed by atoms with E-state index in [1.54, 1.807) is 38.1 Å². The van der Waals surface area contributed by atoms with Gasteiger partial charge >= 0.3 is 18.6 Å². The van der Waals surface area contributed by atoms with Crippen molar-refractivity contribution in [3.05, 3.63) is 59.7 Å². The Morgan fingerprint density at radius 2 is 1.52 bits per heavy atom. The average molecular weight is 443 g/mol. The molecule has 2 aromatic carbocycles. The first-order chi connectivity index (χ1) is 13.6. The lowest BCUT2D eigenvalue weighted by Gasteiger charge is -2.24. The lowest BCUT2D eigenvalue weighted by atomic mass is 10.2. The Hall–Kier alpha value is -2.49. The molecule has 0 saturated heterocycles. The normalized spacial score (nSPS) is 12.4. The molecule has 0 aliphatic rings. The lowest BCUT2D eigenvalue weighted by molar-refractivity contribution is 0.0682. The molecule has 4 N–H and O–H groups in total. The fourth-order valence-corrected chi connectivity index (χ4v) is 4.26. The van der Waals surface area contributed by atoms with E-state index in [0.717, 1.165) is 0 Å². The van der Waals surface area contributed by atoms with Crippen LogP contribution in [-0.4, -0.2) is 40.5 Å². The Kier molecular flexibility index (Phi) is 9.73. The summed E-state index contributed by atoms with van der Waals surface area (Å²) in [5.74, 6) is -2.27. The van der Waals surface area contributed by atoms with E-state index >= 15 is 0 Å².